The van der Waals surface area contributed by atoms with Crippen LogP contribution in [0.25, 0.3) is 16.9 Å². The Bertz CT molecular complexity index is 1380. The van der Waals surface area contributed by atoms with E-state index >= 15 is 0 Å². The molecule has 4 rings (SSSR count). The Morgan fingerprint density at radius 3 is 2.58 bits per heavy atom. The first-order valence-electron chi connectivity index (χ1n) is 11.2. The second-order valence-corrected chi connectivity index (χ2v) is 8.30. The predicted octanol–water partition coefficient (Wildman–Crippen LogP) is 5.16. The number of ether oxygens (including phenoxy) is 2. The first-order chi connectivity index (χ1) is 17.5. The predicted molar refractivity (Wildman–Crippen MR) is 136 cm³/mol. The Balaban J connectivity index is 1.81. The summed E-state index contributed by atoms with van der Waals surface area (Å²) >= 11 is 6.10. The van der Waals surface area contributed by atoms with E-state index in [9.17, 15) is 10.1 Å². The van der Waals surface area contributed by atoms with Crippen LogP contribution in [0.15, 0.2) is 73.1 Å². The molecule has 0 aliphatic heterocycles. The van der Waals surface area contributed by atoms with Gasteiger partial charge in [-0.05, 0) is 54.1 Å². The molecule has 1 amide bonds. The molecule has 0 fully saturated rings. The topological polar surface area (TPSA) is 93.3 Å². The van der Waals surface area contributed by atoms with Crippen molar-refractivity contribution >= 4 is 17.5 Å². The fraction of sp³-hybridized carbons (Fsp3) is 0.185. The third-order valence-electron chi connectivity index (χ3n) is 5.56. The lowest BCUT2D eigenvalue weighted by Gasteiger charge is -2.22. The first-order valence-corrected chi connectivity index (χ1v) is 11.6. The number of carbonyl (C=O) groups is 1. The Morgan fingerprint density at radius 1 is 1.11 bits per heavy atom. The van der Waals surface area contributed by atoms with Crippen LogP contribution >= 0.6 is 11.6 Å². The summed E-state index contributed by atoms with van der Waals surface area (Å²) in [4.78, 5) is 19.6. The van der Waals surface area contributed by atoms with E-state index in [1.54, 1.807) is 72.6 Å². The van der Waals surface area contributed by atoms with Crippen LogP contribution < -0.4 is 9.47 Å². The molecule has 2 heterocycles. The number of hydrogen-bond acceptors (Lipinski definition) is 6. The van der Waals surface area contributed by atoms with Crippen LogP contribution in [0.1, 0.15) is 22.5 Å². The van der Waals surface area contributed by atoms with Gasteiger partial charge < -0.3 is 14.4 Å². The summed E-state index contributed by atoms with van der Waals surface area (Å²) in [5.74, 6) is 0.935. The normalized spacial score (nSPS) is 10.5. The van der Waals surface area contributed by atoms with Gasteiger partial charge in [-0.1, -0.05) is 17.7 Å². The molecule has 0 aliphatic carbocycles. The number of aromatic nitrogens is 3. The van der Waals surface area contributed by atoms with E-state index in [-0.39, 0.29) is 18.9 Å². The van der Waals surface area contributed by atoms with E-state index < -0.39 is 0 Å². The lowest BCUT2D eigenvalue weighted by atomic mass is 10.1. The molecule has 4 aromatic rings. The molecule has 0 aliphatic rings. The Labute approximate surface area is 214 Å². The number of pyridine rings is 1. The highest BCUT2D eigenvalue weighted by Gasteiger charge is 2.24. The number of hydrogen-bond donors (Lipinski definition) is 0. The summed E-state index contributed by atoms with van der Waals surface area (Å²) in [6.45, 7) is 0.568. The van der Waals surface area contributed by atoms with Crippen LogP contribution in [-0.4, -0.2) is 46.3 Å². The summed E-state index contributed by atoms with van der Waals surface area (Å²) in [6.07, 6.45) is 3.58. The zero-order valence-electron chi connectivity index (χ0n) is 19.9. The number of nitrogens with zero attached hydrogens (tertiary/aromatic N) is 5. The van der Waals surface area contributed by atoms with Crippen molar-refractivity contribution in [2.24, 2.45) is 0 Å². The fourth-order valence-electron chi connectivity index (χ4n) is 3.77. The highest BCUT2D eigenvalue weighted by Crippen LogP contribution is 2.34. The molecule has 36 heavy (non-hydrogen) atoms. The van der Waals surface area contributed by atoms with Crippen molar-refractivity contribution in [2.75, 3.05) is 20.8 Å². The van der Waals surface area contributed by atoms with Gasteiger partial charge in [0.05, 0.1) is 38.1 Å². The summed E-state index contributed by atoms with van der Waals surface area (Å²) in [5.41, 5.74) is 3.12. The summed E-state index contributed by atoms with van der Waals surface area (Å²) in [6, 6.07) is 20.0. The third-order valence-corrected chi connectivity index (χ3v) is 5.81. The summed E-state index contributed by atoms with van der Waals surface area (Å²) in [5, 5.41) is 14.5. The summed E-state index contributed by atoms with van der Waals surface area (Å²) in [7, 11) is 3.15. The summed E-state index contributed by atoms with van der Waals surface area (Å²) < 4.78 is 12.5. The largest absolute Gasteiger partial charge is 0.497 e. The smallest absolute Gasteiger partial charge is 0.272 e. The fourth-order valence-corrected chi connectivity index (χ4v) is 3.89. The van der Waals surface area contributed by atoms with E-state index in [4.69, 9.17) is 26.2 Å². The van der Waals surface area contributed by atoms with Gasteiger partial charge >= 0.3 is 0 Å². The second kappa shape index (κ2) is 11.4. The van der Waals surface area contributed by atoms with E-state index in [1.165, 1.54) is 0 Å². The number of benzene rings is 2. The molecule has 182 valence electrons. The molecule has 2 aromatic carbocycles. The molecule has 2 aromatic heterocycles. The van der Waals surface area contributed by atoms with Gasteiger partial charge in [0.15, 0.2) is 0 Å². The maximum absolute atomic E-state index is 13.9. The van der Waals surface area contributed by atoms with Gasteiger partial charge in [-0.25, -0.2) is 4.68 Å². The monoisotopic (exact) mass is 501 g/mol. The SMILES string of the molecule is COc1ccc(-c2cc(C(=O)N(CCC#N)Cc3cccnc3)n(-c3ccc(Cl)cc3)n2)c(OC)c1. The van der Waals surface area contributed by atoms with Gasteiger partial charge in [0.2, 0.25) is 0 Å². The molecule has 8 nitrogen and oxygen atoms in total. The molecule has 0 bridgehead atoms. The number of carbonyl (C=O) groups excluding carboxylic acids is 1. The van der Waals surface area contributed by atoms with Crippen LogP contribution in [0, 0.1) is 11.3 Å². The van der Waals surface area contributed by atoms with Crippen molar-refractivity contribution < 1.29 is 14.3 Å². The van der Waals surface area contributed by atoms with Crippen molar-refractivity contribution in [3.8, 4) is 34.5 Å². The highest BCUT2D eigenvalue weighted by molar-refractivity contribution is 6.30. The van der Waals surface area contributed by atoms with Crippen LogP contribution in [0.2, 0.25) is 5.02 Å². The van der Waals surface area contributed by atoms with Crippen molar-refractivity contribution in [1.82, 2.24) is 19.7 Å². The van der Waals surface area contributed by atoms with Gasteiger partial charge in [0, 0.05) is 42.1 Å². The molecule has 0 N–H and O–H groups in total. The number of rotatable bonds is 9. The lowest BCUT2D eigenvalue weighted by Crippen LogP contribution is -2.33. The molecular formula is C27H24ClN5O3. The minimum Gasteiger partial charge on any atom is -0.497 e. The molecule has 9 heteroatoms. The molecule has 0 unspecified atom stereocenters. The van der Waals surface area contributed by atoms with Crippen LogP contribution in [-0.2, 0) is 6.54 Å². The van der Waals surface area contributed by atoms with E-state index in [0.29, 0.717) is 45.7 Å². The van der Waals surface area contributed by atoms with Crippen molar-refractivity contribution in [1.29, 1.82) is 5.26 Å². The Kier molecular flexibility index (Phi) is 7.83. The zero-order chi connectivity index (χ0) is 25.5. The quantitative estimate of drug-likeness (QED) is 0.314. The number of nitriles is 1. The van der Waals surface area contributed by atoms with E-state index in [1.807, 2.05) is 24.3 Å². The van der Waals surface area contributed by atoms with Crippen molar-refractivity contribution in [2.45, 2.75) is 13.0 Å². The third kappa shape index (κ3) is 5.48. The lowest BCUT2D eigenvalue weighted by molar-refractivity contribution is 0.0737. The van der Waals surface area contributed by atoms with Gasteiger partial charge in [-0.2, -0.15) is 10.4 Å². The first kappa shape index (κ1) is 24.8. The van der Waals surface area contributed by atoms with Gasteiger partial charge in [-0.3, -0.25) is 9.78 Å². The minimum atomic E-state index is -0.268. The average molecular weight is 502 g/mol. The second-order valence-electron chi connectivity index (χ2n) is 7.87. The van der Waals surface area contributed by atoms with Gasteiger partial charge in [-0.15, -0.1) is 0 Å². The van der Waals surface area contributed by atoms with E-state index in [0.717, 1.165) is 5.56 Å². The number of amides is 1. The number of halogens is 1. The average Bonchev–Trinajstić information content (AvgIpc) is 3.36. The molecular weight excluding hydrogens is 478 g/mol. The van der Waals surface area contributed by atoms with Crippen LogP contribution in [0.5, 0.6) is 11.5 Å². The molecule has 0 saturated heterocycles. The Hall–Kier alpha value is -4.35. The number of methoxy groups -OCH3 is 2. The van der Waals surface area contributed by atoms with Gasteiger partial charge in [0.1, 0.15) is 17.2 Å². The zero-order valence-corrected chi connectivity index (χ0v) is 20.6. The van der Waals surface area contributed by atoms with Crippen molar-refractivity contribution in [3.05, 3.63) is 89.3 Å². The maximum Gasteiger partial charge on any atom is 0.272 e. The maximum atomic E-state index is 13.9. The minimum absolute atomic E-state index is 0.195. The standard InChI is InChI=1S/C27H24ClN5O3/c1-35-22-10-11-23(26(15-22)36-2)24-16-25(33(31-24)21-8-6-20(28)7-9-21)27(34)32(14-4-12-29)18-19-5-3-13-30-17-19/h3,5-11,13,15-17H,4,14,18H2,1-2H3. The molecule has 0 spiro atoms. The van der Waals surface area contributed by atoms with Crippen molar-refractivity contribution in [3.63, 3.8) is 0 Å². The Morgan fingerprint density at radius 2 is 1.92 bits per heavy atom. The van der Waals surface area contributed by atoms with Crippen LogP contribution in [0.4, 0.5) is 0 Å². The molecule has 0 saturated carbocycles. The van der Waals surface area contributed by atoms with Crippen LogP contribution in [0.3, 0.4) is 0 Å². The molecule has 0 atom stereocenters. The van der Waals surface area contributed by atoms with E-state index in [2.05, 4.69) is 11.1 Å². The van der Waals surface area contributed by atoms with Gasteiger partial charge in [0.25, 0.3) is 5.91 Å². The highest BCUT2D eigenvalue weighted by atomic mass is 35.5. The molecule has 0 radical (unpaired) electrons.